The number of para-hydroxylation sites is 1. The molecule has 0 fully saturated rings. The largest absolute Gasteiger partial charge is 0.496 e. The van der Waals surface area contributed by atoms with Crippen molar-refractivity contribution in [2.75, 3.05) is 19.1 Å². The lowest BCUT2D eigenvalue weighted by molar-refractivity contribution is 0.416. The van der Waals surface area contributed by atoms with E-state index >= 15 is 0 Å². The molecule has 1 aromatic heterocycles. The first-order chi connectivity index (χ1) is 9.31. The number of aromatic nitrogens is 2. The molecule has 0 spiro atoms. The van der Waals surface area contributed by atoms with Crippen LogP contribution in [0.4, 0.5) is 5.82 Å². The van der Waals surface area contributed by atoms with Gasteiger partial charge in [-0.2, -0.15) is 8.42 Å². The molecule has 0 unspecified atom stereocenters. The number of ether oxygens (including phenoxy) is 1. The number of hydrogen-bond acceptors (Lipinski definition) is 6. The number of benzene rings is 1. The molecule has 7 nitrogen and oxygen atoms in total. The van der Waals surface area contributed by atoms with E-state index in [0.29, 0.717) is 12.1 Å². The minimum Gasteiger partial charge on any atom is -0.496 e. The van der Waals surface area contributed by atoms with Crippen molar-refractivity contribution in [2.24, 2.45) is 0 Å². The third-order valence-corrected chi connectivity index (χ3v) is 2.07. The summed E-state index contributed by atoms with van der Waals surface area (Å²) in [7, 11) is -2.04. The summed E-state index contributed by atoms with van der Waals surface area (Å²) in [5, 5.41) is 0. The van der Waals surface area contributed by atoms with Crippen molar-refractivity contribution in [3.8, 4) is 17.0 Å². The second-order valence-corrected chi connectivity index (χ2v) is 5.23. The van der Waals surface area contributed by atoms with Gasteiger partial charge < -0.3 is 10.5 Å². The van der Waals surface area contributed by atoms with Crippen molar-refractivity contribution in [3.05, 3.63) is 36.7 Å². The summed E-state index contributed by atoms with van der Waals surface area (Å²) >= 11 is 0. The van der Waals surface area contributed by atoms with Crippen molar-refractivity contribution in [2.45, 2.75) is 0 Å². The lowest BCUT2D eigenvalue weighted by Crippen LogP contribution is -1.94. The predicted molar refractivity (Wildman–Crippen MR) is 75.9 cm³/mol. The van der Waals surface area contributed by atoms with Crippen LogP contribution in [0.2, 0.25) is 0 Å². The number of nitrogen functional groups attached to an aromatic ring is 1. The van der Waals surface area contributed by atoms with Gasteiger partial charge >= 0.3 is 0 Å². The van der Waals surface area contributed by atoms with E-state index in [9.17, 15) is 8.42 Å². The number of rotatable bonds is 2. The maximum absolute atomic E-state index is 9.19. The zero-order valence-corrected chi connectivity index (χ0v) is 11.8. The summed E-state index contributed by atoms with van der Waals surface area (Å²) in [4.78, 5) is 7.99. The monoisotopic (exact) mass is 297 g/mol. The summed E-state index contributed by atoms with van der Waals surface area (Å²) in [5.41, 5.74) is 7.27. The molecule has 0 amide bonds. The fourth-order valence-corrected chi connectivity index (χ4v) is 1.38. The molecule has 2 aromatic rings. The third-order valence-electron chi connectivity index (χ3n) is 2.07. The van der Waals surface area contributed by atoms with E-state index in [1.807, 2.05) is 24.3 Å². The van der Waals surface area contributed by atoms with Crippen LogP contribution >= 0.6 is 0 Å². The Morgan fingerprint density at radius 1 is 1.25 bits per heavy atom. The van der Waals surface area contributed by atoms with E-state index in [-0.39, 0.29) is 0 Å². The first-order valence-electron chi connectivity index (χ1n) is 5.44. The Hall–Kier alpha value is -2.19. The second kappa shape index (κ2) is 6.83. The van der Waals surface area contributed by atoms with E-state index in [0.717, 1.165) is 17.0 Å². The second-order valence-electron chi connectivity index (χ2n) is 3.76. The van der Waals surface area contributed by atoms with Crippen LogP contribution in [0.15, 0.2) is 36.7 Å². The third kappa shape index (κ3) is 5.63. The van der Waals surface area contributed by atoms with Gasteiger partial charge in [-0.3, -0.25) is 4.55 Å². The van der Waals surface area contributed by atoms with Gasteiger partial charge in [-0.25, -0.2) is 9.97 Å². The number of methoxy groups -OCH3 is 1. The SMILES string of the molecule is COc1ccccc1-c1cc(N)ncn1.CS(=O)(=O)O. The molecule has 0 aliphatic rings. The topological polar surface area (TPSA) is 115 Å². The Morgan fingerprint density at radius 3 is 2.40 bits per heavy atom. The Kier molecular flexibility index (Phi) is 5.42. The van der Waals surface area contributed by atoms with Gasteiger partial charge in [0.1, 0.15) is 17.9 Å². The van der Waals surface area contributed by atoms with Crippen LogP contribution in [0.25, 0.3) is 11.3 Å². The molecule has 1 aromatic carbocycles. The van der Waals surface area contributed by atoms with Gasteiger partial charge in [0.2, 0.25) is 0 Å². The van der Waals surface area contributed by atoms with E-state index < -0.39 is 10.1 Å². The highest BCUT2D eigenvalue weighted by Gasteiger charge is 2.05. The van der Waals surface area contributed by atoms with Gasteiger partial charge in [0.05, 0.1) is 19.1 Å². The van der Waals surface area contributed by atoms with Crippen LogP contribution in [0.3, 0.4) is 0 Å². The summed E-state index contributed by atoms with van der Waals surface area (Å²) in [6, 6.07) is 9.37. The molecule has 0 saturated heterocycles. The smallest absolute Gasteiger partial charge is 0.261 e. The van der Waals surface area contributed by atoms with E-state index in [2.05, 4.69) is 9.97 Å². The quantitative estimate of drug-likeness (QED) is 0.801. The normalized spacial score (nSPS) is 10.3. The Bertz CT molecular complexity index is 666. The minimum atomic E-state index is -3.67. The summed E-state index contributed by atoms with van der Waals surface area (Å²) in [5.74, 6) is 1.22. The first kappa shape index (κ1) is 15.9. The van der Waals surface area contributed by atoms with Crippen LogP contribution in [0, 0.1) is 0 Å². The van der Waals surface area contributed by atoms with Crippen molar-refractivity contribution in [3.63, 3.8) is 0 Å². The molecule has 3 N–H and O–H groups in total. The highest BCUT2D eigenvalue weighted by atomic mass is 32.2. The van der Waals surface area contributed by atoms with Gasteiger partial charge in [-0.15, -0.1) is 0 Å². The van der Waals surface area contributed by atoms with Crippen molar-refractivity contribution < 1.29 is 17.7 Å². The number of nitrogens with two attached hydrogens (primary N) is 1. The van der Waals surface area contributed by atoms with Gasteiger partial charge in [-0.1, -0.05) is 12.1 Å². The molecule has 0 aliphatic carbocycles. The predicted octanol–water partition coefficient (Wildman–Crippen LogP) is 1.24. The average Bonchev–Trinajstić information content (AvgIpc) is 2.37. The molecule has 2 rings (SSSR count). The van der Waals surface area contributed by atoms with E-state index in [4.69, 9.17) is 15.0 Å². The molecule has 20 heavy (non-hydrogen) atoms. The van der Waals surface area contributed by atoms with Gasteiger partial charge in [0, 0.05) is 11.6 Å². The van der Waals surface area contributed by atoms with Gasteiger partial charge in [0.15, 0.2) is 0 Å². The van der Waals surface area contributed by atoms with Crippen LogP contribution in [0.1, 0.15) is 0 Å². The lowest BCUT2D eigenvalue weighted by Gasteiger charge is -2.07. The Labute approximate surface area is 117 Å². The average molecular weight is 297 g/mol. The highest BCUT2D eigenvalue weighted by Crippen LogP contribution is 2.27. The van der Waals surface area contributed by atoms with Crippen LogP contribution < -0.4 is 10.5 Å². The molecule has 0 saturated carbocycles. The molecule has 108 valence electrons. The van der Waals surface area contributed by atoms with Crippen LogP contribution in [0.5, 0.6) is 5.75 Å². The summed E-state index contributed by atoms with van der Waals surface area (Å²) in [6.45, 7) is 0. The zero-order chi connectivity index (χ0) is 15.2. The Morgan fingerprint density at radius 2 is 1.85 bits per heavy atom. The molecule has 0 bridgehead atoms. The van der Waals surface area contributed by atoms with Crippen LogP contribution in [-0.2, 0) is 10.1 Å². The maximum Gasteiger partial charge on any atom is 0.261 e. The summed E-state index contributed by atoms with van der Waals surface area (Å²) < 4.78 is 31.1. The zero-order valence-electron chi connectivity index (χ0n) is 11.0. The van der Waals surface area contributed by atoms with Crippen molar-refractivity contribution in [1.82, 2.24) is 9.97 Å². The molecular formula is C12H15N3O4S. The molecule has 0 radical (unpaired) electrons. The standard InChI is InChI=1S/C11H11N3O.CH4O3S/c1-15-10-5-3-2-4-8(10)9-6-11(12)14-7-13-9;1-5(2,3)4/h2-7H,1H3,(H2,12,13,14);1H3,(H,2,3,4). The highest BCUT2D eigenvalue weighted by molar-refractivity contribution is 7.85. The van der Waals surface area contributed by atoms with Crippen molar-refractivity contribution in [1.29, 1.82) is 0 Å². The fourth-order valence-electron chi connectivity index (χ4n) is 1.38. The lowest BCUT2D eigenvalue weighted by atomic mass is 10.1. The number of nitrogens with zero attached hydrogens (tertiary/aromatic N) is 2. The van der Waals surface area contributed by atoms with Crippen LogP contribution in [-0.4, -0.2) is 36.3 Å². The van der Waals surface area contributed by atoms with E-state index in [1.165, 1.54) is 6.33 Å². The first-order valence-corrected chi connectivity index (χ1v) is 7.29. The number of anilines is 1. The number of hydrogen-bond donors (Lipinski definition) is 2. The van der Waals surface area contributed by atoms with Gasteiger partial charge in [0.25, 0.3) is 10.1 Å². The molecule has 0 atom stereocenters. The summed E-state index contributed by atoms with van der Waals surface area (Å²) in [6.07, 6.45) is 2.16. The maximum atomic E-state index is 9.19. The minimum absolute atomic E-state index is 0.450. The Balaban J connectivity index is 0.000000347. The van der Waals surface area contributed by atoms with Crippen molar-refractivity contribution >= 4 is 15.9 Å². The molecule has 0 aliphatic heterocycles. The van der Waals surface area contributed by atoms with Gasteiger partial charge in [-0.05, 0) is 12.1 Å². The molecule has 1 heterocycles. The molecular weight excluding hydrogens is 282 g/mol. The van der Waals surface area contributed by atoms with E-state index in [1.54, 1.807) is 13.2 Å². The molecule has 8 heteroatoms. The fraction of sp³-hybridized carbons (Fsp3) is 0.167.